The van der Waals surface area contributed by atoms with Crippen molar-refractivity contribution in [2.75, 3.05) is 6.61 Å². The molecule has 0 heterocycles. The molecule has 0 unspecified atom stereocenters. The summed E-state index contributed by atoms with van der Waals surface area (Å²) in [5.74, 6) is -11.4. The van der Waals surface area contributed by atoms with Gasteiger partial charge in [0.05, 0.1) is 12.2 Å². The third-order valence-electron chi connectivity index (χ3n) is 2.19. The zero-order valence-electron chi connectivity index (χ0n) is 10.0. The van der Waals surface area contributed by atoms with Crippen LogP contribution in [0.4, 0.5) is 17.6 Å². The van der Waals surface area contributed by atoms with E-state index in [1.807, 2.05) is 0 Å². The zero-order chi connectivity index (χ0) is 15.4. The van der Waals surface area contributed by atoms with Crippen LogP contribution >= 0.6 is 0 Å². The van der Waals surface area contributed by atoms with E-state index in [0.717, 1.165) is 0 Å². The number of carboxylic acids is 1. The molecule has 4 nitrogen and oxygen atoms in total. The van der Waals surface area contributed by atoms with E-state index in [0.29, 0.717) is 6.26 Å². The van der Waals surface area contributed by atoms with Crippen LogP contribution in [0.1, 0.15) is 17.3 Å². The van der Waals surface area contributed by atoms with Gasteiger partial charge in [0.1, 0.15) is 11.8 Å². The Morgan fingerprint density at radius 2 is 1.80 bits per heavy atom. The molecule has 20 heavy (non-hydrogen) atoms. The molecule has 0 amide bonds. The van der Waals surface area contributed by atoms with Crippen molar-refractivity contribution >= 4 is 11.8 Å². The number of carbonyl (C=O) groups excluding carboxylic acids is 1. The zero-order valence-corrected chi connectivity index (χ0v) is 10.0. The van der Waals surface area contributed by atoms with Gasteiger partial charge in [0.15, 0.2) is 23.3 Å². The maximum atomic E-state index is 13.4. The topological polar surface area (TPSA) is 63.6 Å². The first-order valence-corrected chi connectivity index (χ1v) is 5.24. The summed E-state index contributed by atoms with van der Waals surface area (Å²) < 4.78 is 56.6. The standard InChI is InChI=1S/C12H8F4O4/c1-2-20-4-6(12(18)19)11(17)5-3-7(13)9(15)10(16)8(5)14/h3-4H,2H2,1H3,(H,18,19)/b6-4-. The minimum atomic E-state index is -2.20. The summed E-state index contributed by atoms with van der Waals surface area (Å²) >= 11 is 0. The van der Waals surface area contributed by atoms with Crippen LogP contribution in [0.5, 0.6) is 0 Å². The van der Waals surface area contributed by atoms with E-state index < -0.39 is 46.2 Å². The minimum absolute atomic E-state index is 0.0126. The van der Waals surface area contributed by atoms with Crippen molar-refractivity contribution in [2.24, 2.45) is 0 Å². The fraction of sp³-hybridized carbons (Fsp3) is 0.167. The molecule has 0 aliphatic rings. The Morgan fingerprint density at radius 1 is 1.20 bits per heavy atom. The minimum Gasteiger partial charge on any atom is -0.500 e. The Balaban J connectivity index is 3.37. The van der Waals surface area contributed by atoms with Gasteiger partial charge in [-0.3, -0.25) is 4.79 Å². The van der Waals surface area contributed by atoms with Gasteiger partial charge in [-0.05, 0) is 13.0 Å². The summed E-state index contributed by atoms with van der Waals surface area (Å²) in [6, 6.07) is 0.0821. The molecule has 0 bridgehead atoms. The maximum absolute atomic E-state index is 13.4. The first-order valence-electron chi connectivity index (χ1n) is 5.24. The molecule has 1 aromatic rings. The lowest BCUT2D eigenvalue weighted by Gasteiger charge is -2.06. The van der Waals surface area contributed by atoms with Gasteiger partial charge in [-0.15, -0.1) is 0 Å². The van der Waals surface area contributed by atoms with E-state index in [-0.39, 0.29) is 12.7 Å². The molecule has 1 aromatic carbocycles. The van der Waals surface area contributed by atoms with E-state index in [4.69, 9.17) is 5.11 Å². The number of halogens is 4. The van der Waals surface area contributed by atoms with Gasteiger partial charge in [0.2, 0.25) is 5.78 Å². The SMILES string of the molecule is CCO/C=C(\C(=O)O)C(=O)c1cc(F)c(F)c(F)c1F. The molecular weight excluding hydrogens is 284 g/mol. The van der Waals surface area contributed by atoms with Crippen molar-refractivity contribution < 1.29 is 37.0 Å². The number of Topliss-reactive ketones (excluding diaryl/α,β-unsaturated/α-hetero) is 1. The molecule has 108 valence electrons. The second kappa shape index (κ2) is 6.18. The molecule has 0 aliphatic heterocycles. The van der Waals surface area contributed by atoms with Crippen LogP contribution in [-0.4, -0.2) is 23.5 Å². The molecule has 0 aliphatic carbocycles. The third-order valence-corrected chi connectivity index (χ3v) is 2.19. The molecule has 0 saturated carbocycles. The number of carbonyl (C=O) groups is 2. The van der Waals surface area contributed by atoms with Crippen LogP contribution < -0.4 is 0 Å². The van der Waals surface area contributed by atoms with Crippen molar-refractivity contribution in [1.29, 1.82) is 0 Å². The highest BCUT2D eigenvalue weighted by atomic mass is 19.2. The van der Waals surface area contributed by atoms with Crippen LogP contribution in [0.3, 0.4) is 0 Å². The van der Waals surface area contributed by atoms with Gasteiger partial charge >= 0.3 is 5.97 Å². The van der Waals surface area contributed by atoms with Crippen LogP contribution in [0, 0.1) is 23.3 Å². The van der Waals surface area contributed by atoms with E-state index in [1.165, 1.54) is 6.92 Å². The summed E-state index contributed by atoms with van der Waals surface area (Å²) in [5.41, 5.74) is -2.29. The number of carboxylic acid groups (broad SMARTS) is 1. The smallest absolute Gasteiger partial charge is 0.342 e. The average molecular weight is 292 g/mol. The largest absolute Gasteiger partial charge is 0.500 e. The first-order chi connectivity index (χ1) is 9.31. The molecule has 8 heteroatoms. The Kier molecular flexibility index (Phi) is 4.84. The fourth-order valence-electron chi connectivity index (χ4n) is 1.25. The number of rotatable bonds is 5. The highest BCUT2D eigenvalue weighted by molar-refractivity contribution is 6.23. The highest BCUT2D eigenvalue weighted by Gasteiger charge is 2.28. The lowest BCUT2D eigenvalue weighted by molar-refractivity contribution is -0.132. The first kappa shape index (κ1) is 15.7. The van der Waals surface area contributed by atoms with Crippen molar-refractivity contribution in [3.05, 3.63) is 46.7 Å². The molecule has 0 aromatic heterocycles. The average Bonchev–Trinajstić information content (AvgIpc) is 2.40. The number of hydrogen-bond donors (Lipinski definition) is 1. The molecule has 1 N–H and O–H groups in total. The van der Waals surface area contributed by atoms with Crippen molar-refractivity contribution in [2.45, 2.75) is 6.92 Å². The Bertz CT molecular complexity index is 596. The molecule has 0 spiro atoms. The van der Waals surface area contributed by atoms with Gasteiger partial charge in [0, 0.05) is 0 Å². The summed E-state index contributed by atoms with van der Waals surface area (Å²) in [7, 11) is 0. The van der Waals surface area contributed by atoms with Crippen LogP contribution in [0.25, 0.3) is 0 Å². The van der Waals surface area contributed by atoms with Crippen LogP contribution in [-0.2, 0) is 9.53 Å². The van der Waals surface area contributed by atoms with Gasteiger partial charge in [-0.1, -0.05) is 0 Å². The molecule has 0 saturated heterocycles. The summed E-state index contributed by atoms with van der Waals surface area (Å²) in [6.45, 7) is 1.50. The molecule has 1 rings (SSSR count). The molecule has 0 fully saturated rings. The summed E-state index contributed by atoms with van der Waals surface area (Å²) in [5, 5.41) is 8.76. The number of hydrogen-bond acceptors (Lipinski definition) is 3. The third kappa shape index (κ3) is 2.95. The van der Waals surface area contributed by atoms with Gasteiger partial charge in [0.25, 0.3) is 0 Å². The van der Waals surface area contributed by atoms with E-state index >= 15 is 0 Å². The molecule has 0 atom stereocenters. The summed E-state index contributed by atoms with van der Waals surface area (Å²) in [4.78, 5) is 22.5. The highest BCUT2D eigenvalue weighted by Crippen LogP contribution is 2.21. The van der Waals surface area contributed by atoms with Crippen LogP contribution in [0.2, 0.25) is 0 Å². The fourth-order valence-corrected chi connectivity index (χ4v) is 1.25. The predicted molar refractivity (Wildman–Crippen MR) is 57.9 cm³/mol. The Hall–Kier alpha value is -2.38. The monoisotopic (exact) mass is 292 g/mol. The normalized spacial score (nSPS) is 11.3. The lowest BCUT2D eigenvalue weighted by Crippen LogP contribution is -2.16. The van der Waals surface area contributed by atoms with Gasteiger partial charge in [-0.2, -0.15) is 0 Å². The molecule has 0 radical (unpaired) electrons. The van der Waals surface area contributed by atoms with Gasteiger partial charge in [-0.25, -0.2) is 22.4 Å². The van der Waals surface area contributed by atoms with E-state index in [1.54, 1.807) is 0 Å². The quantitative estimate of drug-likeness (QED) is 0.132. The second-order valence-electron chi connectivity index (χ2n) is 3.47. The van der Waals surface area contributed by atoms with E-state index in [9.17, 15) is 27.2 Å². The van der Waals surface area contributed by atoms with Crippen LogP contribution in [0.15, 0.2) is 17.9 Å². The molecular formula is C12H8F4O4. The Morgan fingerprint density at radius 3 is 2.30 bits per heavy atom. The number of ether oxygens (including phenoxy) is 1. The van der Waals surface area contributed by atoms with Crippen molar-refractivity contribution in [1.82, 2.24) is 0 Å². The van der Waals surface area contributed by atoms with E-state index in [2.05, 4.69) is 4.74 Å². The predicted octanol–water partition coefficient (Wildman–Crippen LogP) is 2.43. The number of benzene rings is 1. The summed E-state index contributed by atoms with van der Waals surface area (Å²) in [6.07, 6.45) is 0.517. The number of ketones is 1. The Labute approximate surface area is 110 Å². The second-order valence-corrected chi connectivity index (χ2v) is 3.47. The van der Waals surface area contributed by atoms with Gasteiger partial charge < -0.3 is 9.84 Å². The number of aliphatic carboxylic acids is 1. The maximum Gasteiger partial charge on any atom is 0.342 e. The lowest BCUT2D eigenvalue weighted by atomic mass is 10.0. The van der Waals surface area contributed by atoms with Crippen molar-refractivity contribution in [3.63, 3.8) is 0 Å². The van der Waals surface area contributed by atoms with Crippen molar-refractivity contribution in [3.8, 4) is 0 Å².